The Kier molecular flexibility index (Phi) is 2.95. The minimum absolute atomic E-state index is 0.730. The fourth-order valence-corrected chi connectivity index (χ4v) is 2.93. The Morgan fingerprint density at radius 2 is 0.944 bits per heavy atom. The van der Waals surface area contributed by atoms with Crippen LogP contribution in [0.2, 0.25) is 0 Å². The first-order chi connectivity index (χ1) is 8.74. The fourth-order valence-electron chi connectivity index (χ4n) is 2.93. The maximum atomic E-state index is 2.31. The third-order valence-corrected chi connectivity index (χ3v) is 4.29. The summed E-state index contributed by atoms with van der Waals surface area (Å²) in [5, 5.41) is 0. The van der Waals surface area contributed by atoms with E-state index in [9.17, 15) is 0 Å². The molecule has 2 aromatic rings. The molecular formula is C18H20. The molecule has 0 radical (unpaired) electrons. The van der Waals surface area contributed by atoms with E-state index in [1.807, 2.05) is 0 Å². The van der Waals surface area contributed by atoms with Gasteiger partial charge >= 0.3 is 0 Å². The van der Waals surface area contributed by atoms with Crippen LogP contribution < -0.4 is 0 Å². The molecule has 1 aliphatic rings. The van der Waals surface area contributed by atoms with Crippen molar-refractivity contribution in [2.45, 2.75) is 38.5 Å². The highest BCUT2D eigenvalue weighted by molar-refractivity contribution is 5.34. The summed E-state index contributed by atoms with van der Waals surface area (Å²) in [5.41, 5.74) is 5.73. The Hall–Kier alpha value is -1.56. The van der Waals surface area contributed by atoms with E-state index < -0.39 is 0 Å². The van der Waals surface area contributed by atoms with E-state index in [-0.39, 0.29) is 0 Å². The van der Waals surface area contributed by atoms with Gasteiger partial charge in [0.15, 0.2) is 0 Å². The molecule has 2 aromatic carbocycles. The van der Waals surface area contributed by atoms with Gasteiger partial charge < -0.3 is 0 Å². The predicted molar refractivity (Wildman–Crippen MR) is 77.1 cm³/mol. The van der Waals surface area contributed by atoms with Crippen LogP contribution in [0.3, 0.4) is 0 Å². The number of rotatable bonds is 2. The van der Waals surface area contributed by atoms with E-state index in [0.717, 1.165) is 11.8 Å². The highest BCUT2D eigenvalue weighted by Crippen LogP contribution is 2.48. The number of aryl methyl sites for hydroxylation is 2. The lowest BCUT2D eigenvalue weighted by molar-refractivity contribution is 0.346. The minimum atomic E-state index is 0.730. The lowest BCUT2D eigenvalue weighted by Gasteiger charge is -2.37. The fraction of sp³-hybridized carbons (Fsp3) is 0.333. The molecule has 3 rings (SSSR count). The standard InChI is InChI=1S/C18H20/c1-13-3-7-15(8-4-13)17-11-12-18(17)16-9-5-14(2)6-10-16/h3-10,17-18H,11-12H2,1-2H3/t17-,18-/m0/s1. The Labute approximate surface area is 110 Å². The molecule has 0 heteroatoms. The van der Waals surface area contributed by atoms with Crippen LogP contribution in [0.5, 0.6) is 0 Å². The maximum Gasteiger partial charge on any atom is -0.00929 e. The summed E-state index contributed by atoms with van der Waals surface area (Å²) < 4.78 is 0. The zero-order chi connectivity index (χ0) is 12.5. The van der Waals surface area contributed by atoms with Crippen LogP contribution in [0.25, 0.3) is 0 Å². The Bertz CT molecular complexity index is 467. The van der Waals surface area contributed by atoms with Crippen LogP contribution in [-0.4, -0.2) is 0 Å². The van der Waals surface area contributed by atoms with Gasteiger partial charge in [-0.1, -0.05) is 59.7 Å². The summed E-state index contributed by atoms with van der Waals surface area (Å²) in [4.78, 5) is 0. The van der Waals surface area contributed by atoms with E-state index in [2.05, 4.69) is 62.4 Å². The van der Waals surface area contributed by atoms with Crippen molar-refractivity contribution >= 4 is 0 Å². The van der Waals surface area contributed by atoms with Crippen molar-refractivity contribution in [3.05, 3.63) is 70.8 Å². The molecule has 18 heavy (non-hydrogen) atoms. The topological polar surface area (TPSA) is 0 Å². The Balaban J connectivity index is 1.83. The predicted octanol–water partition coefficient (Wildman–Crippen LogP) is 4.96. The molecule has 0 N–H and O–H groups in total. The molecule has 0 aromatic heterocycles. The average molecular weight is 236 g/mol. The second-order valence-electron chi connectivity index (χ2n) is 5.61. The van der Waals surface area contributed by atoms with Gasteiger partial charge in [-0.3, -0.25) is 0 Å². The van der Waals surface area contributed by atoms with Crippen LogP contribution in [0.4, 0.5) is 0 Å². The number of benzene rings is 2. The van der Waals surface area contributed by atoms with E-state index in [1.54, 1.807) is 0 Å². The normalized spacial score (nSPS) is 22.6. The highest BCUT2D eigenvalue weighted by atomic mass is 14.4. The first-order valence-electron chi connectivity index (χ1n) is 6.87. The molecule has 0 unspecified atom stereocenters. The van der Waals surface area contributed by atoms with E-state index in [1.165, 1.54) is 35.1 Å². The van der Waals surface area contributed by atoms with Crippen molar-refractivity contribution in [2.75, 3.05) is 0 Å². The van der Waals surface area contributed by atoms with Crippen LogP contribution in [0.15, 0.2) is 48.5 Å². The van der Waals surface area contributed by atoms with Crippen molar-refractivity contribution < 1.29 is 0 Å². The summed E-state index contributed by atoms with van der Waals surface area (Å²) in [6.07, 6.45) is 2.67. The second kappa shape index (κ2) is 4.61. The molecule has 0 aliphatic heterocycles. The molecule has 0 heterocycles. The maximum absolute atomic E-state index is 2.31. The SMILES string of the molecule is Cc1ccc([C@@H]2CC[C@H]2c2ccc(C)cc2)cc1. The van der Waals surface area contributed by atoms with Crippen molar-refractivity contribution in [1.82, 2.24) is 0 Å². The van der Waals surface area contributed by atoms with E-state index >= 15 is 0 Å². The quantitative estimate of drug-likeness (QED) is 0.691. The average Bonchev–Trinajstić information content (AvgIpc) is 2.33. The van der Waals surface area contributed by atoms with E-state index in [0.29, 0.717) is 0 Å². The third kappa shape index (κ3) is 2.08. The zero-order valence-electron chi connectivity index (χ0n) is 11.2. The molecule has 0 amide bonds. The summed E-state index contributed by atoms with van der Waals surface area (Å²) in [6.45, 7) is 4.31. The van der Waals surface area contributed by atoms with Crippen LogP contribution in [-0.2, 0) is 0 Å². The molecule has 1 fully saturated rings. The van der Waals surface area contributed by atoms with Gasteiger partial charge in [0, 0.05) is 0 Å². The molecule has 0 saturated heterocycles. The second-order valence-corrected chi connectivity index (χ2v) is 5.61. The van der Waals surface area contributed by atoms with Gasteiger partial charge in [0.1, 0.15) is 0 Å². The molecule has 1 saturated carbocycles. The largest absolute Gasteiger partial charge is 0.0590 e. The van der Waals surface area contributed by atoms with Crippen LogP contribution >= 0.6 is 0 Å². The van der Waals surface area contributed by atoms with Crippen molar-refractivity contribution in [3.8, 4) is 0 Å². The summed E-state index contributed by atoms with van der Waals surface area (Å²) in [5.74, 6) is 1.46. The molecule has 0 nitrogen and oxygen atoms in total. The third-order valence-electron chi connectivity index (χ3n) is 4.29. The van der Waals surface area contributed by atoms with Gasteiger partial charge in [0.05, 0.1) is 0 Å². The van der Waals surface area contributed by atoms with Crippen LogP contribution in [0, 0.1) is 13.8 Å². The van der Waals surface area contributed by atoms with Crippen molar-refractivity contribution in [2.24, 2.45) is 0 Å². The van der Waals surface area contributed by atoms with Gasteiger partial charge in [-0.25, -0.2) is 0 Å². The van der Waals surface area contributed by atoms with Gasteiger partial charge in [-0.2, -0.15) is 0 Å². The van der Waals surface area contributed by atoms with Crippen LogP contribution in [0.1, 0.15) is 46.9 Å². The van der Waals surface area contributed by atoms with Gasteiger partial charge in [-0.15, -0.1) is 0 Å². The van der Waals surface area contributed by atoms with Crippen molar-refractivity contribution in [3.63, 3.8) is 0 Å². The van der Waals surface area contributed by atoms with Crippen molar-refractivity contribution in [1.29, 1.82) is 0 Å². The minimum Gasteiger partial charge on any atom is -0.0590 e. The first kappa shape index (κ1) is 11.5. The Morgan fingerprint density at radius 1 is 0.611 bits per heavy atom. The monoisotopic (exact) mass is 236 g/mol. The molecular weight excluding hydrogens is 216 g/mol. The van der Waals surface area contributed by atoms with E-state index in [4.69, 9.17) is 0 Å². The molecule has 2 atom stereocenters. The summed E-state index contributed by atoms with van der Waals surface area (Å²) >= 11 is 0. The van der Waals surface area contributed by atoms with Gasteiger partial charge in [-0.05, 0) is 49.7 Å². The number of hydrogen-bond donors (Lipinski definition) is 0. The molecule has 92 valence electrons. The first-order valence-corrected chi connectivity index (χ1v) is 6.87. The number of hydrogen-bond acceptors (Lipinski definition) is 0. The lowest BCUT2D eigenvalue weighted by atomic mass is 9.67. The zero-order valence-corrected chi connectivity index (χ0v) is 11.2. The van der Waals surface area contributed by atoms with Gasteiger partial charge in [0.25, 0.3) is 0 Å². The molecule has 1 aliphatic carbocycles. The molecule has 0 bridgehead atoms. The highest BCUT2D eigenvalue weighted by Gasteiger charge is 2.32. The summed E-state index contributed by atoms with van der Waals surface area (Å²) in [6, 6.07) is 18.2. The Morgan fingerprint density at radius 3 is 1.22 bits per heavy atom. The van der Waals surface area contributed by atoms with Gasteiger partial charge in [0.2, 0.25) is 0 Å². The smallest absolute Gasteiger partial charge is 0.00929 e. The molecule has 0 spiro atoms. The summed E-state index contributed by atoms with van der Waals surface area (Å²) in [7, 11) is 0. The lowest BCUT2D eigenvalue weighted by Crippen LogP contribution is -2.21.